The number of hydrogen-bond donors (Lipinski definition) is 0. The van der Waals surface area contributed by atoms with E-state index in [-0.39, 0.29) is 16.8 Å². The zero-order valence-corrected chi connectivity index (χ0v) is 19.7. The lowest BCUT2D eigenvalue weighted by molar-refractivity contribution is -0.137. The number of alkyl halides is 3. The van der Waals surface area contributed by atoms with Gasteiger partial charge in [0.1, 0.15) is 0 Å². The maximum Gasteiger partial charge on any atom is 0.416 e. The number of rotatable bonds is 6. The number of sulfonamides is 1. The molecule has 0 unspecified atom stereocenters. The van der Waals surface area contributed by atoms with Gasteiger partial charge in [0.15, 0.2) is 0 Å². The lowest BCUT2D eigenvalue weighted by atomic mass is 10.1. The van der Waals surface area contributed by atoms with Gasteiger partial charge in [0.2, 0.25) is 10.0 Å². The summed E-state index contributed by atoms with van der Waals surface area (Å²) < 4.78 is 65.6. The Morgan fingerprint density at radius 2 is 1.67 bits per heavy atom. The first-order valence-electron chi connectivity index (χ1n) is 10.7. The molecule has 3 rings (SSSR count). The Kier molecular flexibility index (Phi) is 7.50. The molecule has 2 aromatic carbocycles. The van der Waals surface area contributed by atoms with Crippen LogP contribution in [0.1, 0.15) is 35.3 Å². The Morgan fingerprint density at radius 1 is 1.03 bits per heavy atom. The van der Waals surface area contributed by atoms with Crippen molar-refractivity contribution in [3.05, 3.63) is 65.2 Å². The maximum atomic E-state index is 13.0. The van der Waals surface area contributed by atoms with Crippen LogP contribution in [-0.4, -0.2) is 67.7 Å². The summed E-state index contributed by atoms with van der Waals surface area (Å²) in [5, 5.41) is 0. The van der Waals surface area contributed by atoms with Crippen LogP contribution in [0.3, 0.4) is 0 Å². The van der Waals surface area contributed by atoms with Gasteiger partial charge in [-0.25, -0.2) is 8.42 Å². The number of carbonyl (C=O) groups is 1. The number of hydrogen-bond acceptors (Lipinski definition) is 4. The van der Waals surface area contributed by atoms with E-state index in [4.69, 9.17) is 0 Å². The largest absolute Gasteiger partial charge is 0.416 e. The highest BCUT2D eigenvalue weighted by Gasteiger charge is 2.31. The van der Waals surface area contributed by atoms with E-state index in [1.165, 1.54) is 29.6 Å². The highest BCUT2D eigenvalue weighted by Crippen LogP contribution is 2.30. The third kappa shape index (κ3) is 5.93. The summed E-state index contributed by atoms with van der Waals surface area (Å²) in [7, 11) is -2.21. The van der Waals surface area contributed by atoms with Crippen molar-refractivity contribution in [3.63, 3.8) is 0 Å². The molecule has 0 spiro atoms. The van der Waals surface area contributed by atoms with Crippen LogP contribution in [0.5, 0.6) is 0 Å². The summed E-state index contributed by atoms with van der Waals surface area (Å²) in [6.07, 6.45) is -4.38. The van der Waals surface area contributed by atoms with E-state index in [2.05, 4.69) is 0 Å². The molecule has 1 saturated heterocycles. The molecule has 1 fully saturated rings. The van der Waals surface area contributed by atoms with Gasteiger partial charge in [-0.1, -0.05) is 24.3 Å². The minimum Gasteiger partial charge on any atom is -0.336 e. The summed E-state index contributed by atoms with van der Waals surface area (Å²) in [5.74, 6) is -0.266. The molecule has 0 saturated carbocycles. The van der Waals surface area contributed by atoms with Crippen LogP contribution >= 0.6 is 0 Å². The van der Waals surface area contributed by atoms with Gasteiger partial charge in [-0.15, -0.1) is 0 Å². The van der Waals surface area contributed by atoms with Gasteiger partial charge in [-0.3, -0.25) is 9.69 Å². The van der Waals surface area contributed by atoms with E-state index in [1.54, 1.807) is 36.9 Å². The van der Waals surface area contributed by atoms with E-state index >= 15 is 0 Å². The van der Waals surface area contributed by atoms with E-state index in [0.29, 0.717) is 43.9 Å². The summed E-state index contributed by atoms with van der Waals surface area (Å²) in [6.45, 7) is 5.73. The minimum atomic E-state index is -4.38. The fraction of sp³-hybridized carbons (Fsp3) is 0.435. The molecule has 0 bridgehead atoms. The SMILES string of the molecule is CC(C)N(C)S(=O)(=O)c1cccc(C(=O)N2CCN(Cc3cccc(C(F)(F)F)c3)CC2)c1. The zero-order chi connectivity index (χ0) is 24.4. The molecule has 6 nitrogen and oxygen atoms in total. The molecule has 1 aliphatic heterocycles. The third-order valence-electron chi connectivity index (χ3n) is 5.81. The fourth-order valence-corrected chi connectivity index (χ4v) is 5.04. The van der Waals surface area contributed by atoms with Gasteiger partial charge in [0.25, 0.3) is 5.91 Å². The van der Waals surface area contributed by atoms with Gasteiger partial charge >= 0.3 is 6.18 Å². The van der Waals surface area contributed by atoms with Crippen molar-refractivity contribution in [1.82, 2.24) is 14.1 Å². The van der Waals surface area contributed by atoms with Crippen LogP contribution < -0.4 is 0 Å². The smallest absolute Gasteiger partial charge is 0.336 e. The number of nitrogens with zero attached hydrogens (tertiary/aromatic N) is 3. The molecule has 0 radical (unpaired) electrons. The number of halogens is 3. The lowest BCUT2D eigenvalue weighted by Crippen LogP contribution is -2.48. The second kappa shape index (κ2) is 9.82. The first kappa shape index (κ1) is 25.2. The van der Waals surface area contributed by atoms with Crippen molar-refractivity contribution in [2.45, 2.75) is 37.5 Å². The average molecular weight is 484 g/mol. The van der Waals surface area contributed by atoms with Crippen molar-refractivity contribution >= 4 is 15.9 Å². The van der Waals surface area contributed by atoms with Crippen molar-refractivity contribution in [1.29, 1.82) is 0 Å². The Bertz CT molecular complexity index is 1100. The Balaban J connectivity index is 1.64. The molecular formula is C23H28F3N3O3S. The van der Waals surface area contributed by atoms with Crippen molar-refractivity contribution in [3.8, 4) is 0 Å². The molecule has 10 heteroatoms. The van der Waals surface area contributed by atoms with E-state index in [1.807, 2.05) is 4.90 Å². The van der Waals surface area contributed by atoms with Crippen LogP contribution in [-0.2, 0) is 22.7 Å². The second-order valence-corrected chi connectivity index (χ2v) is 10.4. The molecular weight excluding hydrogens is 455 g/mol. The number of piperazine rings is 1. The van der Waals surface area contributed by atoms with E-state index in [0.717, 1.165) is 12.1 Å². The summed E-state index contributed by atoms with van der Waals surface area (Å²) >= 11 is 0. The molecule has 1 amide bonds. The monoisotopic (exact) mass is 483 g/mol. The normalized spacial score (nSPS) is 15.9. The predicted octanol–water partition coefficient (Wildman–Crippen LogP) is 3.69. The van der Waals surface area contributed by atoms with Crippen LogP contribution in [0.25, 0.3) is 0 Å². The van der Waals surface area contributed by atoms with Crippen LogP contribution in [0, 0.1) is 0 Å². The van der Waals surface area contributed by atoms with Crippen LogP contribution in [0.4, 0.5) is 13.2 Å². The fourth-order valence-electron chi connectivity index (χ4n) is 3.63. The zero-order valence-electron chi connectivity index (χ0n) is 18.8. The molecule has 0 aromatic heterocycles. The van der Waals surface area contributed by atoms with Crippen molar-refractivity contribution in [2.75, 3.05) is 33.2 Å². The number of benzene rings is 2. The number of carbonyl (C=O) groups excluding carboxylic acids is 1. The third-order valence-corrected chi connectivity index (χ3v) is 7.83. The summed E-state index contributed by atoms with van der Waals surface area (Å²) in [4.78, 5) is 16.7. The van der Waals surface area contributed by atoms with Crippen LogP contribution in [0.15, 0.2) is 53.4 Å². The number of amides is 1. The van der Waals surface area contributed by atoms with Crippen molar-refractivity contribution < 1.29 is 26.4 Å². The molecule has 0 atom stereocenters. The minimum absolute atomic E-state index is 0.0627. The molecule has 0 aliphatic carbocycles. The standard InChI is InChI=1S/C23H28F3N3O3S/c1-17(2)27(3)33(31,32)21-9-5-7-19(15-21)22(30)29-12-10-28(11-13-29)16-18-6-4-8-20(14-18)23(24,25)26/h4-9,14-15,17H,10-13,16H2,1-3H3. The predicted molar refractivity (Wildman–Crippen MR) is 119 cm³/mol. The maximum absolute atomic E-state index is 13.0. The summed E-state index contributed by atoms with van der Waals surface area (Å²) in [5.41, 5.74) is 0.183. The van der Waals surface area contributed by atoms with Gasteiger partial charge in [-0.05, 0) is 43.7 Å². The van der Waals surface area contributed by atoms with Crippen molar-refractivity contribution in [2.24, 2.45) is 0 Å². The molecule has 1 aliphatic rings. The van der Waals surface area contributed by atoms with Gasteiger partial charge < -0.3 is 4.90 Å². The van der Waals surface area contributed by atoms with Gasteiger partial charge in [-0.2, -0.15) is 17.5 Å². The topological polar surface area (TPSA) is 60.9 Å². The Morgan fingerprint density at radius 3 is 2.27 bits per heavy atom. The lowest BCUT2D eigenvalue weighted by Gasteiger charge is -2.35. The molecule has 2 aromatic rings. The molecule has 1 heterocycles. The van der Waals surface area contributed by atoms with Gasteiger partial charge in [0.05, 0.1) is 10.5 Å². The molecule has 180 valence electrons. The highest BCUT2D eigenvalue weighted by atomic mass is 32.2. The molecule has 0 N–H and O–H groups in total. The quantitative estimate of drug-likeness (QED) is 0.629. The van der Waals surface area contributed by atoms with E-state index < -0.39 is 21.8 Å². The molecule has 33 heavy (non-hydrogen) atoms. The average Bonchev–Trinajstić information content (AvgIpc) is 2.78. The van der Waals surface area contributed by atoms with E-state index in [9.17, 15) is 26.4 Å². The van der Waals surface area contributed by atoms with Crippen LogP contribution in [0.2, 0.25) is 0 Å². The Labute approximate surface area is 192 Å². The van der Waals surface area contributed by atoms with Gasteiger partial charge in [0, 0.05) is 51.4 Å². The first-order valence-corrected chi connectivity index (χ1v) is 12.1. The summed E-state index contributed by atoms with van der Waals surface area (Å²) in [6, 6.07) is 11.0. The Hall–Kier alpha value is -2.43. The second-order valence-electron chi connectivity index (χ2n) is 8.41. The first-order chi connectivity index (χ1) is 15.4. The highest BCUT2D eigenvalue weighted by molar-refractivity contribution is 7.89.